The number of likely N-dealkylation sites (tertiary alicyclic amines) is 2. The summed E-state index contributed by atoms with van der Waals surface area (Å²) in [5, 5.41) is 46.9. The number of carbonyl (C=O) groups is 16. The Morgan fingerprint density at radius 3 is 1.80 bits per heavy atom. The number of fused-ring (bicyclic) bond motifs is 2. The number of primary amides is 2. The summed E-state index contributed by atoms with van der Waals surface area (Å²) in [7, 11) is 3.99. The van der Waals surface area contributed by atoms with Crippen LogP contribution in [0.3, 0.4) is 0 Å². The third kappa shape index (κ3) is 30.5. The van der Waals surface area contributed by atoms with Gasteiger partial charge in [-0.05, 0) is 131 Å². The smallest absolute Gasteiger partial charge is 0.246 e. The molecule has 3 aromatic carbocycles. The van der Waals surface area contributed by atoms with Gasteiger partial charge in [0.2, 0.25) is 94.5 Å². The van der Waals surface area contributed by atoms with Crippen molar-refractivity contribution in [1.82, 2.24) is 97.6 Å². The van der Waals surface area contributed by atoms with Crippen LogP contribution < -0.4 is 76.1 Å². The number of carbonyl (C=O) groups excluding carboxylic acids is 16. The zero-order valence-electron chi connectivity index (χ0n) is 78.1. The maximum absolute atomic E-state index is 15.6. The molecule has 0 spiro atoms. The van der Waals surface area contributed by atoms with Crippen LogP contribution in [0.25, 0.3) is 21.8 Å². The Morgan fingerprint density at radius 1 is 0.600 bits per heavy atom. The number of amides is 16. The van der Waals surface area contributed by atoms with Crippen molar-refractivity contribution in [2.45, 2.75) is 242 Å². The van der Waals surface area contributed by atoms with Crippen molar-refractivity contribution < 1.29 is 86.2 Å². The highest BCUT2D eigenvalue weighted by atomic mass is 32.2. The number of likely N-dealkylation sites (N-methyl/N-ethyl adjacent to an activating group) is 3. The van der Waals surface area contributed by atoms with E-state index in [1.807, 2.05) is 52.0 Å². The lowest BCUT2D eigenvalue weighted by Crippen LogP contribution is -2.63. The maximum atomic E-state index is 15.6. The minimum Gasteiger partial charge on any atom is -0.394 e. The summed E-state index contributed by atoms with van der Waals surface area (Å²) >= 11 is 0.765. The highest BCUT2D eigenvalue weighted by molar-refractivity contribution is 8.00. The lowest BCUT2D eigenvalue weighted by atomic mass is 9.95. The number of unbranched alkanes of at least 4 members (excludes halogenated alkanes) is 2. The van der Waals surface area contributed by atoms with Crippen LogP contribution in [0.4, 0.5) is 4.39 Å². The number of hydrogen-bond acceptors (Lipinski definition) is 21. The normalized spacial score (nSPS) is 16.6. The molecule has 0 radical (unpaired) electrons. The lowest BCUT2D eigenvalue weighted by Gasteiger charge is -2.37. The predicted octanol–water partition coefficient (Wildman–Crippen LogP) is -0.226. The van der Waals surface area contributed by atoms with E-state index >= 15 is 14.4 Å². The third-order valence-corrected chi connectivity index (χ3v) is 25.6. The van der Waals surface area contributed by atoms with Crippen LogP contribution in [0.2, 0.25) is 0 Å². The molecule has 3 aromatic heterocycles. The van der Waals surface area contributed by atoms with E-state index in [1.54, 1.807) is 36.7 Å². The Kier molecular flexibility index (Phi) is 41.3. The monoisotopic (exact) mass is 1900 g/mol. The average molecular weight is 1900 g/mol. The largest absolute Gasteiger partial charge is 0.394 e. The zero-order chi connectivity index (χ0) is 98.9. The number of aromatic nitrogens is 4. The van der Waals surface area contributed by atoms with Crippen molar-refractivity contribution in [3.05, 3.63) is 126 Å². The number of nitrogens with two attached hydrogens (primary N) is 4. The molecule has 16 amide bonds. The number of para-hydroxylation sites is 2. The molecule has 23 N–H and O–H groups in total. The van der Waals surface area contributed by atoms with E-state index in [-0.39, 0.29) is 108 Å². The van der Waals surface area contributed by atoms with E-state index in [9.17, 15) is 71.8 Å². The minimum atomic E-state index is -1.75. The predicted molar refractivity (Wildman–Crippen MR) is 503 cm³/mol. The number of benzene rings is 3. The molecule has 0 saturated carbocycles. The van der Waals surface area contributed by atoms with E-state index < -0.39 is 203 Å². The Bertz CT molecular complexity index is 5130. The molecule has 5 heterocycles. The average Bonchev–Trinajstić information content (AvgIpc) is 1.64. The van der Waals surface area contributed by atoms with Crippen molar-refractivity contribution in [3.8, 4) is 0 Å². The number of guanidine groups is 1. The quantitative estimate of drug-likeness (QED) is 0.0133. The van der Waals surface area contributed by atoms with Crippen LogP contribution in [0, 0.1) is 17.1 Å². The Hall–Kier alpha value is -13.1. The van der Waals surface area contributed by atoms with Crippen molar-refractivity contribution in [2.24, 2.45) is 28.9 Å². The third-order valence-electron chi connectivity index (χ3n) is 24.5. The van der Waals surface area contributed by atoms with Crippen LogP contribution in [-0.2, 0) is 102 Å². The number of H-pyrrole nitrogens is 3. The Balaban J connectivity index is 0.986. The second-order valence-corrected chi connectivity index (χ2v) is 36.0. The van der Waals surface area contributed by atoms with Crippen molar-refractivity contribution in [2.75, 3.05) is 72.0 Å². The fraction of sp³-hybridized carbons (Fsp3) is 0.543. The fourth-order valence-corrected chi connectivity index (χ4v) is 17.4. The van der Waals surface area contributed by atoms with Crippen LogP contribution in [0.5, 0.6) is 0 Å². The molecule has 2 aliphatic heterocycles. The van der Waals surface area contributed by atoms with Crippen LogP contribution >= 0.6 is 11.8 Å². The number of aromatic amines is 3. The van der Waals surface area contributed by atoms with E-state index in [0.29, 0.717) is 85.6 Å². The first kappa shape index (κ1) is 107. The molecule has 2 aliphatic rings. The van der Waals surface area contributed by atoms with Gasteiger partial charge in [0.1, 0.15) is 83.9 Å². The standard InChI is InChI=1S/C92H133FN24O17S/c1-10-12-29-72(114(8)89(133)74(30-13-11-2)115(9)87(131)69(43-57-46-102-63-27-17-15-25-61(57)63)109-83(127)70(49-118)110-82(126)67(42-56-45-101-62-26-16-14-24-60(56)62)108-85(129)73-31-20-38-116(73)77(121)33-32-53(3)4)84(128)106-64(28-19-37-100-91(97)98)81(125)111-71(80(124)103-48-75(95)119)50-135-51-76(120)105-68(41-55-22-18-23-58(93)40-55)86(130)113(7)54(5)79(123)107-65(34-36-94)88(132)117-39-21-35-92(117,6)90(134)112-66(78(96)122)44-59-47-99-52-104-59/h14-18,22-27,40,45-47,52-54,64-74,101-102,118H,10-13,19-21,28-39,41-44,48-51,94H2,1-9H3,(H2,95,119)(H2,96,122)(H,99,104)(H,103,124)(H,105,120)(H,106,128)(H,107,123)(H,108,129)(H,109,127)(H,110,126)(H,111,125)(H,112,134)(H4,97,98,100). The molecule has 736 valence electrons. The summed E-state index contributed by atoms with van der Waals surface area (Å²) in [4.78, 5) is 249. The molecular formula is C92H133FN24O17S. The first-order chi connectivity index (χ1) is 64.3. The van der Waals surface area contributed by atoms with Gasteiger partial charge in [-0.15, -0.1) is 11.8 Å². The summed E-state index contributed by atoms with van der Waals surface area (Å²) < 4.78 is 14.8. The van der Waals surface area contributed by atoms with Gasteiger partial charge < -0.3 is 121 Å². The van der Waals surface area contributed by atoms with E-state index in [1.165, 1.54) is 74.3 Å². The van der Waals surface area contributed by atoms with Gasteiger partial charge in [-0.2, -0.15) is 0 Å². The van der Waals surface area contributed by atoms with Crippen molar-refractivity contribution >= 4 is 134 Å². The number of rotatable bonds is 54. The molecule has 41 nitrogen and oxygen atoms in total. The number of aliphatic hydroxyl groups excluding tert-OH is 1. The van der Waals surface area contributed by atoms with Crippen LogP contribution in [0.15, 0.2) is 97.7 Å². The number of aliphatic hydroxyl groups is 1. The molecule has 135 heavy (non-hydrogen) atoms. The Morgan fingerprint density at radius 2 is 1.19 bits per heavy atom. The van der Waals surface area contributed by atoms with Crippen LogP contribution in [-0.4, -0.2) is 300 Å². The highest BCUT2D eigenvalue weighted by Crippen LogP contribution is 2.32. The maximum Gasteiger partial charge on any atom is 0.246 e. The zero-order valence-corrected chi connectivity index (χ0v) is 78.9. The molecule has 0 bridgehead atoms. The highest BCUT2D eigenvalue weighted by Gasteiger charge is 2.49. The van der Waals surface area contributed by atoms with Crippen molar-refractivity contribution in [1.29, 1.82) is 5.41 Å². The summed E-state index contributed by atoms with van der Waals surface area (Å²) in [6.45, 7) is 9.14. The van der Waals surface area contributed by atoms with Crippen LogP contribution in [0.1, 0.15) is 160 Å². The number of hydrogen-bond donors (Lipinski definition) is 19. The van der Waals surface area contributed by atoms with Gasteiger partial charge in [0.25, 0.3) is 0 Å². The summed E-state index contributed by atoms with van der Waals surface area (Å²) in [5.41, 5.74) is 24.6. The van der Waals surface area contributed by atoms with E-state index in [4.69, 9.17) is 28.3 Å². The van der Waals surface area contributed by atoms with Gasteiger partial charge >= 0.3 is 0 Å². The van der Waals surface area contributed by atoms with Gasteiger partial charge in [-0.25, -0.2) is 9.37 Å². The molecule has 6 aromatic rings. The summed E-state index contributed by atoms with van der Waals surface area (Å²) in [5.74, 6) is -14.6. The number of nitrogens with one attached hydrogen (secondary N) is 14. The van der Waals surface area contributed by atoms with E-state index in [2.05, 4.69) is 73.1 Å². The molecule has 2 saturated heterocycles. The van der Waals surface area contributed by atoms with Gasteiger partial charge in [-0.3, -0.25) is 82.1 Å². The number of thioether (sulfide) groups is 1. The first-order valence-electron chi connectivity index (χ1n) is 45.8. The van der Waals surface area contributed by atoms with E-state index in [0.717, 1.165) is 44.6 Å². The van der Waals surface area contributed by atoms with Gasteiger partial charge in [0, 0.05) is 125 Å². The molecule has 0 aliphatic carbocycles. The SMILES string of the molecule is CCCCC(C(=O)N(C)C(CCCC)C(=O)NC(CCCNC(=N)N)C(=O)NC(CSCC(=O)NC(Cc1cccc(F)c1)C(=O)N(C)C(C)C(=O)NC(CCN)C(=O)N1CCCC1(C)C(=O)NC(Cc1cnc[nH]1)C(N)=O)C(=O)NCC(N)=O)N(C)C(=O)C(Cc1c[nH]c2ccccc12)NC(=O)C(CO)NC(=O)C(Cc1c[nH]c2ccccc12)NC(=O)C1CCCN1C(=O)CCC(C)C. The second kappa shape index (κ2) is 52.0. The van der Waals surface area contributed by atoms with Crippen molar-refractivity contribution in [3.63, 3.8) is 0 Å². The second-order valence-electron chi connectivity index (χ2n) is 35.0. The van der Waals surface area contributed by atoms with Gasteiger partial charge in [-0.1, -0.05) is 102 Å². The summed E-state index contributed by atoms with van der Waals surface area (Å²) in [6, 6.07) is 2.81. The number of imidazole rings is 1. The number of nitrogens with zero attached hydrogens (tertiary/aromatic N) is 6. The fourth-order valence-electron chi connectivity index (χ4n) is 16.6. The molecule has 2 fully saturated rings. The molecule has 8 rings (SSSR count). The minimum absolute atomic E-state index is 0.00475. The topological polar surface area (TPSA) is 618 Å². The molecular weight excluding hydrogens is 1760 g/mol. The first-order valence-corrected chi connectivity index (χ1v) is 47.0. The Labute approximate surface area is 787 Å². The van der Waals surface area contributed by atoms with Gasteiger partial charge in [0.15, 0.2) is 5.96 Å². The lowest BCUT2D eigenvalue weighted by molar-refractivity contribution is -0.149. The molecule has 13 unspecified atom stereocenters. The number of halogens is 1. The van der Waals surface area contributed by atoms with Gasteiger partial charge in [0.05, 0.1) is 25.2 Å². The summed E-state index contributed by atoms with van der Waals surface area (Å²) in [6.07, 6.45) is 9.22. The molecule has 13 atom stereocenters. The molecule has 43 heteroatoms.